The van der Waals surface area contributed by atoms with Crippen molar-refractivity contribution >= 4 is 52.1 Å². The first kappa shape index (κ1) is 17.6. The molecule has 0 aliphatic heterocycles. The molecule has 0 spiro atoms. The first-order valence-electron chi connectivity index (χ1n) is 6.52. The van der Waals surface area contributed by atoms with Crippen molar-refractivity contribution in [3.8, 4) is 0 Å². The van der Waals surface area contributed by atoms with E-state index in [1.165, 1.54) is 12.1 Å². The van der Waals surface area contributed by atoms with Gasteiger partial charge >= 0.3 is 0 Å². The lowest BCUT2D eigenvalue weighted by Crippen LogP contribution is -2.08. The van der Waals surface area contributed by atoms with E-state index in [2.05, 4.69) is 10.5 Å². The van der Waals surface area contributed by atoms with Crippen molar-refractivity contribution in [2.75, 3.05) is 17.4 Å². The molecule has 0 bridgehead atoms. The zero-order chi connectivity index (χ0) is 16.8. The van der Waals surface area contributed by atoms with Gasteiger partial charge in [0, 0.05) is 28.5 Å². The van der Waals surface area contributed by atoms with E-state index in [1.807, 2.05) is 12.3 Å². The number of hydrogen-bond acceptors (Lipinski definition) is 5. The van der Waals surface area contributed by atoms with Gasteiger partial charge in [0.25, 0.3) is 5.69 Å². The average molecular weight is 370 g/mol. The summed E-state index contributed by atoms with van der Waals surface area (Å²) in [7, 11) is 0. The Labute approximate surface area is 147 Å². The molecule has 0 fully saturated rings. The Kier molecular flexibility index (Phi) is 6.27. The summed E-state index contributed by atoms with van der Waals surface area (Å²) in [5.74, 6) is 0.654. The Morgan fingerprint density at radius 2 is 1.96 bits per heavy atom. The molecule has 8 heteroatoms. The first-order chi connectivity index (χ1) is 11.0. The van der Waals surface area contributed by atoms with Crippen LogP contribution in [0.5, 0.6) is 0 Å². The fourth-order valence-electron chi connectivity index (χ4n) is 1.82. The SMILES string of the molecule is CSCC(=NNc1ccc([N+](=O)[O-])cc1)c1ccc(Cl)cc1Cl. The van der Waals surface area contributed by atoms with Gasteiger partial charge in [0.2, 0.25) is 0 Å². The second kappa shape index (κ2) is 8.19. The molecule has 120 valence electrons. The summed E-state index contributed by atoms with van der Waals surface area (Å²) in [6.07, 6.45) is 1.96. The second-order valence-electron chi connectivity index (χ2n) is 4.53. The number of anilines is 1. The fourth-order valence-corrected chi connectivity index (χ4v) is 2.83. The molecule has 5 nitrogen and oxygen atoms in total. The molecule has 0 heterocycles. The van der Waals surface area contributed by atoms with Crippen LogP contribution in [-0.2, 0) is 0 Å². The van der Waals surface area contributed by atoms with Crippen LogP contribution in [0.15, 0.2) is 47.6 Å². The Bertz CT molecular complexity index is 736. The van der Waals surface area contributed by atoms with Gasteiger partial charge in [-0.15, -0.1) is 0 Å². The van der Waals surface area contributed by atoms with Crippen LogP contribution in [0.4, 0.5) is 11.4 Å². The van der Waals surface area contributed by atoms with E-state index in [9.17, 15) is 10.1 Å². The minimum Gasteiger partial charge on any atom is -0.278 e. The summed E-state index contributed by atoms with van der Waals surface area (Å²) in [4.78, 5) is 10.2. The maximum atomic E-state index is 10.6. The zero-order valence-electron chi connectivity index (χ0n) is 12.1. The minimum absolute atomic E-state index is 0.0320. The highest BCUT2D eigenvalue weighted by atomic mass is 35.5. The molecule has 2 aromatic carbocycles. The third-order valence-corrected chi connectivity index (χ3v) is 4.03. The van der Waals surface area contributed by atoms with Crippen molar-refractivity contribution in [2.24, 2.45) is 5.10 Å². The van der Waals surface area contributed by atoms with Crippen LogP contribution in [-0.4, -0.2) is 22.6 Å². The van der Waals surface area contributed by atoms with Crippen molar-refractivity contribution in [2.45, 2.75) is 0 Å². The molecule has 0 aliphatic carbocycles. The summed E-state index contributed by atoms with van der Waals surface area (Å²) in [5, 5.41) is 16.1. The summed E-state index contributed by atoms with van der Waals surface area (Å²) < 4.78 is 0. The van der Waals surface area contributed by atoms with Crippen LogP contribution >= 0.6 is 35.0 Å². The van der Waals surface area contributed by atoms with Crippen molar-refractivity contribution in [3.63, 3.8) is 0 Å². The Balaban J connectivity index is 2.23. The molecule has 0 amide bonds. The fraction of sp³-hybridized carbons (Fsp3) is 0.133. The van der Waals surface area contributed by atoms with Crippen LogP contribution in [0, 0.1) is 10.1 Å². The smallest absolute Gasteiger partial charge is 0.269 e. The maximum Gasteiger partial charge on any atom is 0.269 e. The average Bonchev–Trinajstić information content (AvgIpc) is 2.52. The number of benzene rings is 2. The van der Waals surface area contributed by atoms with Gasteiger partial charge in [-0.1, -0.05) is 29.3 Å². The van der Waals surface area contributed by atoms with Gasteiger partial charge < -0.3 is 0 Å². The first-order valence-corrected chi connectivity index (χ1v) is 8.67. The molecular weight excluding hydrogens is 357 g/mol. The number of thioether (sulfide) groups is 1. The van der Waals surface area contributed by atoms with E-state index in [-0.39, 0.29) is 5.69 Å². The molecule has 23 heavy (non-hydrogen) atoms. The number of rotatable bonds is 6. The number of non-ortho nitro benzene ring substituents is 1. The second-order valence-corrected chi connectivity index (χ2v) is 6.24. The summed E-state index contributed by atoms with van der Waals surface area (Å²) in [6.45, 7) is 0. The van der Waals surface area contributed by atoms with E-state index in [1.54, 1.807) is 36.0 Å². The third kappa shape index (κ3) is 4.86. The molecule has 0 unspecified atom stereocenters. The van der Waals surface area contributed by atoms with E-state index >= 15 is 0 Å². The quantitative estimate of drug-likeness (QED) is 0.437. The number of nitro benzene ring substituents is 1. The van der Waals surface area contributed by atoms with Gasteiger partial charge in [0.15, 0.2) is 0 Å². The lowest BCUT2D eigenvalue weighted by Gasteiger charge is -2.09. The van der Waals surface area contributed by atoms with Crippen LogP contribution in [0.1, 0.15) is 5.56 Å². The molecular formula is C15H13Cl2N3O2S. The highest BCUT2D eigenvalue weighted by Crippen LogP contribution is 2.23. The van der Waals surface area contributed by atoms with Crippen molar-refractivity contribution < 1.29 is 4.92 Å². The van der Waals surface area contributed by atoms with Crippen LogP contribution in [0.25, 0.3) is 0 Å². The van der Waals surface area contributed by atoms with Crippen molar-refractivity contribution in [1.29, 1.82) is 0 Å². The molecule has 0 saturated carbocycles. The van der Waals surface area contributed by atoms with E-state index in [0.717, 1.165) is 11.3 Å². The minimum atomic E-state index is -0.445. The van der Waals surface area contributed by atoms with Gasteiger partial charge in [-0.25, -0.2) is 0 Å². The Hall–Kier alpha value is -1.76. The lowest BCUT2D eigenvalue weighted by atomic mass is 10.1. The Morgan fingerprint density at radius 1 is 1.26 bits per heavy atom. The van der Waals surface area contributed by atoms with Crippen LogP contribution < -0.4 is 5.43 Å². The number of halogens is 2. The summed E-state index contributed by atoms with van der Waals surface area (Å²) in [6, 6.07) is 11.3. The molecule has 0 aliphatic rings. The van der Waals surface area contributed by atoms with Gasteiger partial charge in [-0.05, 0) is 30.5 Å². The molecule has 0 radical (unpaired) electrons. The van der Waals surface area contributed by atoms with E-state index in [0.29, 0.717) is 21.5 Å². The predicted octanol–water partition coefficient (Wildman–Crippen LogP) is 5.08. The van der Waals surface area contributed by atoms with Crippen molar-refractivity contribution in [1.82, 2.24) is 0 Å². The molecule has 2 rings (SSSR count). The normalized spacial score (nSPS) is 11.3. The van der Waals surface area contributed by atoms with Gasteiger partial charge in [-0.3, -0.25) is 15.5 Å². The molecule has 2 aromatic rings. The standard InChI is InChI=1S/C15H13Cl2N3O2S/c1-23-9-15(13-7-2-10(16)8-14(13)17)19-18-11-3-5-12(6-4-11)20(21)22/h2-8,18H,9H2,1H3. The highest BCUT2D eigenvalue weighted by molar-refractivity contribution is 7.99. The topological polar surface area (TPSA) is 67.5 Å². The number of nitro groups is 1. The number of hydrazone groups is 1. The summed E-state index contributed by atoms with van der Waals surface area (Å²) in [5.41, 5.74) is 5.13. The number of nitrogens with zero attached hydrogens (tertiary/aromatic N) is 2. The maximum absolute atomic E-state index is 10.6. The predicted molar refractivity (Wildman–Crippen MR) is 98.1 cm³/mol. The monoisotopic (exact) mass is 369 g/mol. The molecule has 0 atom stereocenters. The Morgan fingerprint density at radius 3 is 2.52 bits per heavy atom. The van der Waals surface area contributed by atoms with E-state index in [4.69, 9.17) is 23.2 Å². The summed E-state index contributed by atoms with van der Waals surface area (Å²) >= 11 is 13.7. The molecule has 0 aromatic heterocycles. The van der Waals surface area contributed by atoms with Gasteiger partial charge in [0.05, 0.1) is 21.3 Å². The van der Waals surface area contributed by atoms with Crippen molar-refractivity contribution in [3.05, 3.63) is 68.2 Å². The zero-order valence-corrected chi connectivity index (χ0v) is 14.5. The number of hydrogen-bond donors (Lipinski definition) is 1. The van der Waals surface area contributed by atoms with Gasteiger partial charge in [-0.2, -0.15) is 16.9 Å². The van der Waals surface area contributed by atoms with E-state index < -0.39 is 4.92 Å². The van der Waals surface area contributed by atoms with Crippen LogP contribution in [0.2, 0.25) is 10.0 Å². The molecule has 1 N–H and O–H groups in total. The third-order valence-electron chi connectivity index (χ3n) is 2.92. The van der Waals surface area contributed by atoms with Gasteiger partial charge in [0.1, 0.15) is 0 Å². The van der Waals surface area contributed by atoms with Crippen LogP contribution in [0.3, 0.4) is 0 Å². The lowest BCUT2D eigenvalue weighted by molar-refractivity contribution is -0.384. The number of nitrogens with one attached hydrogen (secondary N) is 1. The largest absolute Gasteiger partial charge is 0.278 e. The molecule has 0 saturated heterocycles. The highest BCUT2D eigenvalue weighted by Gasteiger charge is 2.09.